The van der Waals surface area contributed by atoms with Crippen LogP contribution >= 0.6 is 0 Å². The topological polar surface area (TPSA) is 58.0 Å². The van der Waals surface area contributed by atoms with Gasteiger partial charge in [0, 0.05) is 11.9 Å². The van der Waals surface area contributed by atoms with E-state index in [0.29, 0.717) is 23.3 Å². The van der Waals surface area contributed by atoms with Gasteiger partial charge in [0.25, 0.3) is 6.43 Å². The average molecular weight is 279 g/mol. The van der Waals surface area contributed by atoms with Crippen molar-refractivity contribution in [3.63, 3.8) is 0 Å². The van der Waals surface area contributed by atoms with Gasteiger partial charge >= 0.3 is 0 Å². The number of nitrogens with zero attached hydrogens (tertiary/aromatic N) is 2. The summed E-state index contributed by atoms with van der Waals surface area (Å²) in [5.41, 5.74) is -0.266. The van der Waals surface area contributed by atoms with E-state index < -0.39 is 17.9 Å². The van der Waals surface area contributed by atoms with Crippen molar-refractivity contribution in [3.05, 3.63) is 30.1 Å². The second-order valence-corrected chi connectivity index (χ2v) is 5.18. The molecular formula is C14H15F2N3O. The number of halogens is 2. The van der Waals surface area contributed by atoms with Crippen LogP contribution in [-0.2, 0) is 0 Å². The summed E-state index contributed by atoms with van der Waals surface area (Å²) < 4.78 is 25.6. The SMILES string of the molecule is OC1(CNc2nc(C(F)F)nc3ccccc23)CCC1. The van der Waals surface area contributed by atoms with Crippen LogP contribution in [-0.4, -0.2) is 27.2 Å². The Morgan fingerprint density at radius 2 is 2.00 bits per heavy atom. The molecule has 0 saturated heterocycles. The second-order valence-electron chi connectivity index (χ2n) is 5.18. The molecule has 1 aromatic heterocycles. The molecule has 106 valence electrons. The number of para-hydroxylation sites is 1. The van der Waals surface area contributed by atoms with Crippen LogP contribution < -0.4 is 5.32 Å². The smallest absolute Gasteiger partial charge is 0.297 e. The number of anilines is 1. The minimum atomic E-state index is -2.72. The van der Waals surface area contributed by atoms with Gasteiger partial charge < -0.3 is 10.4 Å². The summed E-state index contributed by atoms with van der Waals surface area (Å²) in [6.07, 6.45) is -0.271. The normalized spacial score (nSPS) is 17.2. The number of rotatable bonds is 4. The molecule has 0 amide bonds. The van der Waals surface area contributed by atoms with Gasteiger partial charge in [0.2, 0.25) is 0 Å². The largest absolute Gasteiger partial charge is 0.388 e. The van der Waals surface area contributed by atoms with Crippen LogP contribution in [0.2, 0.25) is 0 Å². The molecule has 0 aliphatic heterocycles. The van der Waals surface area contributed by atoms with Gasteiger partial charge in [-0.2, -0.15) is 0 Å². The van der Waals surface area contributed by atoms with Gasteiger partial charge in [0.05, 0.1) is 11.1 Å². The van der Waals surface area contributed by atoms with Crippen LogP contribution in [0.15, 0.2) is 24.3 Å². The van der Waals surface area contributed by atoms with Crippen molar-refractivity contribution in [2.45, 2.75) is 31.3 Å². The molecular weight excluding hydrogens is 264 g/mol. The Hall–Kier alpha value is -1.82. The zero-order chi connectivity index (χ0) is 14.2. The Morgan fingerprint density at radius 1 is 1.25 bits per heavy atom. The van der Waals surface area contributed by atoms with E-state index in [0.717, 1.165) is 19.3 Å². The number of hydrogen-bond donors (Lipinski definition) is 2. The van der Waals surface area contributed by atoms with E-state index in [2.05, 4.69) is 15.3 Å². The van der Waals surface area contributed by atoms with Gasteiger partial charge in [-0.15, -0.1) is 0 Å². The molecule has 20 heavy (non-hydrogen) atoms. The summed E-state index contributed by atoms with van der Waals surface area (Å²) in [5, 5.41) is 13.7. The summed E-state index contributed by atoms with van der Waals surface area (Å²) in [6.45, 7) is 0.316. The average Bonchev–Trinajstić information content (AvgIpc) is 2.42. The Morgan fingerprint density at radius 3 is 2.65 bits per heavy atom. The highest BCUT2D eigenvalue weighted by atomic mass is 19.3. The molecule has 0 spiro atoms. The van der Waals surface area contributed by atoms with Gasteiger partial charge in [0.15, 0.2) is 5.82 Å². The predicted molar refractivity (Wildman–Crippen MR) is 71.8 cm³/mol. The highest BCUT2D eigenvalue weighted by Crippen LogP contribution is 2.32. The fraction of sp³-hybridized carbons (Fsp3) is 0.429. The number of alkyl halides is 2. The molecule has 0 atom stereocenters. The van der Waals surface area contributed by atoms with Gasteiger partial charge in [-0.25, -0.2) is 18.7 Å². The summed E-state index contributed by atoms with van der Waals surface area (Å²) in [5.74, 6) is -0.141. The number of hydrogen-bond acceptors (Lipinski definition) is 4. The fourth-order valence-electron chi connectivity index (χ4n) is 2.34. The third kappa shape index (κ3) is 2.43. The molecule has 1 aliphatic rings. The van der Waals surface area contributed by atoms with Crippen molar-refractivity contribution < 1.29 is 13.9 Å². The molecule has 6 heteroatoms. The Balaban J connectivity index is 1.94. The lowest BCUT2D eigenvalue weighted by molar-refractivity contribution is -0.0202. The molecule has 3 rings (SSSR count). The number of nitrogens with one attached hydrogen (secondary N) is 1. The van der Waals surface area contributed by atoms with Crippen molar-refractivity contribution in [1.29, 1.82) is 0 Å². The van der Waals surface area contributed by atoms with E-state index in [1.165, 1.54) is 0 Å². The van der Waals surface area contributed by atoms with Gasteiger partial charge in [-0.1, -0.05) is 12.1 Å². The third-order valence-corrected chi connectivity index (χ3v) is 3.68. The van der Waals surface area contributed by atoms with Crippen molar-refractivity contribution in [2.24, 2.45) is 0 Å². The lowest BCUT2D eigenvalue weighted by Gasteiger charge is -2.36. The van der Waals surface area contributed by atoms with E-state index >= 15 is 0 Å². The van der Waals surface area contributed by atoms with E-state index in [-0.39, 0.29) is 0 Å². The summed E-state index contributed by atoms with van der Waals surface area (Å²) in [4.78, 5) is 7.73. The Bertz CT molecular complexity index is 629. The number of aromatic nitrogens is 2. The fourth-order valence-corrected chi connectivity index (χ4v) is 2.34. The van der Waals surface area contributed by atoms with E-state index in [4.69, 9.17) is 0 Å². The highest BCUT2D eigenvalue weighted by Gasteiger charge is 2.34. The quantitative estimate of drug-likeness (QED) is 0.903. The monoisotopic (exact) mass is 279 g/mol. The van der Waals surface area contributed by atoms with Crippen LogP contribution in [0.4, 0.5) is 14.6 Å². The van der Waals surface area contributed by atoms with Gasteiger partial charge in [-0.05, 0) is 31.4 Å². The Labute approximate surface area is 114 Å². The molecule has 2 aromatic rings. The molecule has 1 saturated carbocycles. The lowest BCUT2D eigenvalue weighted by Crippen LogP contribution is -2.43. The van der Waals surface area contributed by atoms with Gasteiger partial charge in [0.1, 0.15) is 5.82 Å². The minimum absolute atomic E-state index is 0.316. The van der Waals surface area contributed by atoms with Crippen molar-refractivity contribution in [3.8, 4) is 0 Å². The third-order valence-electron chi connectivity index (χ3n) is 3.68. The van der Waals surface area contributed by atoms with Crippen LogP contribution in [0.25, 0.3) is 10.9 Å². The number of aliphatic hydroxyl groups is 1. The number of fused-ring (bicyclic) bond motifs is 1. The summed E-state index contributed by atoms with van der Waals surface area (Å²) in [7, 11) is 0. The van der Waals surface area contributed by atoms with Gasteiger partial charge in [-0.3, -0.25) is 0 Å². The van der Waals surface area contributed by atoms with Crippen LogP contribution in [0.5, 0.6) is 0 Å². The first-order chi connectivity index (χ1) is 9.57. The molecule has 1 heterocycles. The van der Waals surface area contributed by atoms with E-state index in [1.54, 1.807) is 24.3 Å². The van der Waals surface area contributed by atoms with E-state index in [1.807, 2.05) is 0 Å². The number of benzene rings is 1. The first kappa shape index (κ1) is 13.2. The maximum Gasteiger partial charge on any atom is 0.297 e. The van der Waals surface area contributed by atoms with Crippen LogP contribution in [0.3, 0.4) is 0 Å². The standard InChI is InChI=1S/C14H15F2N3O/c15-11(16)13-18-10-5-2-1-4-9(10)12(19-13)17-8-14(20)6-3-7-14/h1-2,4-5,11,20H,3,6-8H2,(H,17,18,19). The molecule has 4 nitrogen and oxygen atoms in total. The maximum absolute atomic E-state index is 12.8. The molecule has 0 unspecified atom stereocenters. The van der Waals surface area contributed by atoms with Crippen molar-refractivity contribution >= 4 is 16.7 Å². The maximum atomic E-state index is 12.8. The lowest BCUT2D eigenvalue weighted by atomic mass is 9.80. The van der Waals surface area contributed by atoms with E-state index in [9.17, 15) is 13.9 Å². The molecule has 1 aromatic carbocycles. The molecule has 1 fully saturated rings. The molecule has 2 N–H and O–H groups in total. The zero-order valence-electron chi connectivity index (χ0n) is 10.8. The predicted octanol–water partition coefficient (Wildman–Crippen LogP) is 2.89. The first-order valence-corrected chi connectivity index (χ1v) is 6.58. The first-order valence-electron chi connectivity index (χ1n) is 6.58. The molecule has 0 radical (unpaired) electrons. The summed E-state index contributed by atoms with van der Waals surface area (Å²) in [6, 6.07) is 6.99. The van der Waals surface area contributed by atoms with Crippen molar-refractivity contribution in [1.82, 2.24) is 9.97 Å². The molecule has 0 bridgehead atoms. The van der Waals surface area contributed by atoms with Crippen LogP contribution in [0, 0.1) is 0 Å². The molecule has 1 aliphatic carbocycles. The van der Waals surface area contributed by atoms with Crippen molar-refractivity contribution in [2.75, 3.05) is 11.9 Å². The minimum Gasteiger partial charge on any atom is -0.388 e. The summed E-state index contributed by atoms with van der Waals surface area (Å²) >= 11 is 0. The highest BCUT2D eigenvalue weighted by molar-refractivity contribution is 5.89. The second kappa shape index (κ2) is 4.94. The zero-order valence-corrected chi connectivity index (χ0v) is 10.8. The van der Waals surface area contributed by atoms with Crippen LogP contribution in [0.1, 0.15) is 31.5 Å². The Kier molecular flexibility index (Phi) is 3.25.